The number of likely N-dealkylation sites (N-methyl/N-ethyl adjacent to an activating group) is 1. The minimum Gasteiger partial charge on any atom is -0.353 e. The van der Waals surface area contributed by atoms with Crippen LogP contribution in [-0.2, 0) is 14.4 Å². The second-order valence-electron chi connectivity index (χ2n) is 7.67. The number of nitrogens with one attached hydrogen (secondary N) is 2. The van der Waals surface area contributed by atoms with Crippen LogP contribution in [0.25, 0.3) is 0 Å². The molecule has 2 fully saturated rings. The van der Waals surface area contributed by atoms with E-state index >= 15 is 0 Å². The molecular weight excluding hydrogens is 370 g/mol. The fraction of sp³-hybridized carbons (Fsp3) is 0.571. The van der Waals surface area contributed by atoms with E-state index in [4.69, 9.17) is 0 Å². The van der Waals surface area contributed by atoms with Gasteiger partial charge in [0.1, 0.15) is 6.04 Å². The highest BCUT2D eigenvalue weighted by Gasteiger charge is 2.35. The van der Waals surface area contributed by atoms with E-state index in [0.717, 1.165) is 44.0 Å². The number of hydrogen-bond acceptors (Lipinski definition) is 5. The molecule has 1 aromatic rings. The van der Waals surface area contributed by atoms with Crippen LogP contribution < -0.4 is 10.6 Å². The topological polar surface area (TPSA) is 85.0 Å². The predicted octanol–water partition coefficient (Wildman–Crippen LogP) is 0.288. The van der Waals surface area contributed by atoms with Crippen LogP contribution in [0.3, 0.4) is 0 Å². The van der Waals surface area contributed by atoms with Crippen LogP contribution in [-0.4, -0.2) is 90.8 Å². The lowest BCUT2D eigenvalue weighted by molar-refractivity contribution is -0.145. The van der Waals surface area contributed by atoms with Crippen molar-refractivity contribution in [3.8, 4) is 0 Å². The summed E-state index contributed by atoms with van der Waals surface area (Å²) >= 11 is 0. The van der Waals surface area contributed by atoms with E-state index in [-0.39, 0.29) is 24.1 Å². The second-order valence-corrected chi connectivity index (χ2v) is 7.67. The summed E-state index contributed by atoms with van der Waals surface area (Å²) in [6, 6.07) is 6.73. The van der Waals surface area contributed by atoms with Gasteiger partial charge >= 0.3 is 0 Å². The van der Waals surface area contributed by atoms with Crippen molar-refractivity contribution in [2.75, 3.05) is 57.7 Å². The van der Waals surface area contributed by atoms with Gasteiger partial charge in [0, 0.05) is 45.0 Å². The Morgan fingerprint density at radius 1 is 1.10 bits per heavy atom. The smallest absolute Gasteiger partial charge is 0.243 e. The molecule has 1 aromatic carbocycles. The minimum absolute atomic E-state index is 0.0461. The third kappa shape index (κ3) is 5.55. The molecule has 2 aliphatic rings. The van der Waals surface area contributed by atoms with Crippen molar-refractivity contribution in [3.05, 3.63) is 29.8 Å². The number of para-hydroxylation sites is 1. The van der Waals surface area contributed by atoms with Gasteiger partial charge in [0.05, 0.1) is 13.0 Å². The summed E-state index contributed by atoms with van der Waals surface area (Å²) in [5, 5.41) is 5.64. The summed E-state index contributed by atoms with van der Waals surface area (Å²) in [6.45, 7) is 9.81. The lowest BCUT2D eigenvalue weighted by Crippen LogP contribution is -2.60. The maximum atomic E-state index is 12.9. The van der Waals surface area contributed by atoms with Gasteiger partial charge in [-0.05, 0) is 25.1 Å². The number of carbonyl (C=O) groups is 3. The molecule has 8 nitrogen and oxygen atoms in total. The zero-order chi connectivity index (χ0) is 20.8. The number of amides is 3. The lowest BCUT2D eigenvalue weighted by atomic mass is 10.1. The molecule has 3 rings (SSSR count). The third-order valence-electron chi connectivity index (χ3n) is 5.72. The van der Waals surface area contributed by atoms with Gasteiger partial charge in [0.2, 0.25) is 17.7 Å². The van der Waals surface area contributed by atoms with Crippen LogP contribution in [0.1, 0.15) is 18.9 Å². The number of aryl methyl sites for hydroxylation is 1. The molecule has 2 saturated heterocycles. The molecule has 0 radical (unpaired) electrons. The van der Waals surface area contributed by atoms with E-state index in [0.29, 0.717) is 19.6 Å². The molecule has 2 heterocycles. The monoisotopic (exact) mass is 401 g/mol. The van der Waals surface area contributed by atoms with Gasteiger partial charge < -0.3 is 20.4 Å². The van der Waals surface area contributed by atoms with Gasteiger partial charge in [-0.3, -0.25) is 19.3 Å². The van der Waals surface area contributed by atoms with E-state index in [1.54, 1.807) is 4.90 Å². The minimum atomic E-state index is -0.766. The normalized spacial score (nSPS) is 21.0. The fourth-order valence-corrected chi connectivity index (χ4v) is 3.85. The molecule has 158 valence electrons. The number of carbonyl (C=O) groups excluding carboxylic acids is 3. The van der Waals surface area contributed by atoms with Crippen LogP contribution >= 0.6 is 0 Å². The Bertz CT molecular complexity index is 746. The van der Waals surface area contributed by atoms with E-state index in [1.165, 1.54) is 0 Å². The number of anilines is 1. The summed E-state index contributed by atoms with van der Waals surface area (Å²) < 4.78 is 0. The van der Waals surface area contributed by atoms with Crippen molar-refractivity contribution in [1.29, 1.82) is 0 Å². The standard InChI is InChI=1S/C21H31N5O3/c1-3-24-10-12-25(13-11-24)15-20(28)26-9-8-22-21(29)18(26)14-19(27)23-17-7-5-4-6-16(17)2/h4-7,18H,3,8-15H2,1-2H3,(H,22,29)(H,23,27). The van der Waals surface area contributed by atoms with Crippen LogP contribution in [0.5, 0.6) is 0 Å². The van der Waals surface area contributed by atoms with Crippen molar-refractivity contribution in [2.45, 2.75) is 26.3 Å². The van der Waals surface area contributed by atoms with E-state index in [9.17, 15) is 14.4 Å². The Balaban J connectivity index is 1.59. The molecule has 2 aliphatic heterocycles. The SMILES string of the molecule is CCN1CCN(CC(=O)N2CCNC(=O)C2CC(=O)Nc2ccccc2C)CC1. The van der Waals surface area contributed by atoms with Gasteiger partial charge in [-0.2, -0.15) is 0 Å². The summed E-state index contributed by atoms with van der Waals surface area (Å²) in [5.74, 6) is -0.616. The quantitative estimate of drug-likeness (QED) is 0.716. The molecule has 1 atom stereocenters. The first-order valence-electron chi connectivity index (χ1n) is 10.3. The molecule has 0 bridgehead atoms. The van der Waals surface area contributed by atoms with Crippen molar-refractivity contribution < 1.29 is 14.4 Å². The van der Waals surface area contributed by atoms with Gasteiger partial charge in [0.25, 0.3) is 0 Å². The van der Waals surface area contributed by atoms with Crippen molar-refractivity contribution in [3.63, 3.8) is 0 Å². The summed E-state index contributed by atoms with van der Waals surface area (Å²) in [4.78, 5) is 44.0. The average molecular weight is 402 g/mol. The number of hydrogen-bond donors (Lipinski definition) is 2. The average Bonchev–Trinajstić information content (AvgIpc) is 2.71. The van der Waals surface area contributed by atoms with Crippen molar-refractivity contribution in [1.82, 2.24) is 20.0 Å². The first kappa shape index (κ1) is 21.3. The summed E-state index contributed by atoms with van der Waals surface area (Å²) in [6.07, 6.45) is -0.0461. The van der Waals surface area contributed by atoms with E-state index in [2.05, 4.69) is 27.4 Å². The van der Waals surface area contributed by atoms with Crippen molar-refractivity contribution >= 4 is 23.4 Å². The molecule has 2 N–H and O–H groups in total. The van der Waals surface area contributed by atoms with E-state index < -0.39 is 6.04 Å². The lowest BCUT2D eigenvalue weighted by Gasteiger charge is -2.38. The predicted molar refractivity (Wildman–Crippen MR) is 111 cm³/mol. The van der Waals surface area contributed by atoms with Gasteiger partial charge in [-0.15, -0.1) is 0 Å². The largest absolute Gasteiger partial charge is 0.353 e. The molecule has 0 saturated carbocycles. The second kappa shape index (κ2) is 9.84. The molecule has 0 aromatic heterocycles. The summed E-state index contributed by atoms with van der Waals surface area (Å²) in [7, 11) is 0. The maximum absolute atomic E-state index is 12.9. The Hall–Kier alpha value is -2.45. The Morgan fingerprint density at radius 3 is 2.48 bits per heavy atom. The zero-order valence-corrected chi connectivity index (χ0v) is 17.3. The maximum Gasteiger partial charge on any atom is 0.243 e. The molecule has 0 spiro atoms. The highest BCUT2D eigenvalue weighted by atomic mass is 16.2. The third-order valence-corrected chi connectivity index (χ3v) is 5.72. The number of nitrogens with zero attached hydrogens (tertiary/aromatic N) is 3. The Labute approximate surface area is 172 Å². The number of benzene rings is 1. The molecule has 3 amide bonds. The molecular formula is C21H31N5O3. The van der Waals surface area contributed by atoms with Crippen LogP contribution in [0.2, 0.25) is 0 Å². The Morgan fingerprint density at radius 2 is 1.79 bits per heavy atom. The first-order valence-corrected chi connectivity index (χ1v) is 10.3. The molecule has 29 heavy (non-hydrogen) atoms. The molecule has 0 aliphatic carbocycles. The highest BCUT2D eigenvalue weighted by Crippen LogP contribution is 2.16. The number of rotatable bonds is 6. The van der Waals surface area contributed by atoms with Gasteiger partial charge in [-0.1, -0.05) is 25.1 Å². The van der Waals surface area contributed by atoms with Crippen molar-refractivity contribution in [2.24, 2.45) is 0 Å². The highest BCUT2D eigenvalue weighted by molar-refractivity contribution is 5.98. The zero-order valence-electron chi connectivity index (χ0n) is 17.3. The first-order chi connectivity index (χ1) is 14.0. The van der Waals surface area contributed by atoms with Crippen LogP contribution in [0, 0.1) is 6.92 Å². The van der Waals surface area contributed by atoms with Crippen LogP contribution in [0.15, 0.2) is 24.3 Å². The molecule has 1 unspecified atom stereocenters. The molecule has 8 heteroatoms. The fourth-order valence-electron chi connectivity index (χ4n) is 3.85. The van der Waals surface area contributed by atoms with Gasteiger partial charge in [-0.25, -0.2) is 0 Å². The Kier molecular flexibility index (Phi) is 7.22. The van der Waals surface area contributed by atoms with Gasteiger partial charge in [0.15, 0.2) is 0 Å². The van der Waals surface area contributed by atoms with Crippen LogP contribution in [0.4, 0.5) is 5.69 Å². The number of piperazine rings is 2. The summed E-state index contributed by atoms with van der Waals surface area (Å²) in [5.41, 5.74) is 1.67. The van der Waals surface area contributed by atoms with E-state index in [1.807, 2.05) is 31.2 Å².